The van der Waals surface area contributed by atoms with Crippen LogP contribution in [0.15, 0.2) is 18.2 Å². The molecule has 7 nitrogen and oxygen atoms in total. The van der Waals surface area contributed by atoms with Crippen LogP contribution in [-0.4, -0.2) is 43.4 Å². The number of hydrogen-bond donors (Lipinski definition) is 1. The van der Waals surface area contributed by atoms with E-state index in [2.05, 4.69) is 19.5 Å². The Kier molecular flexibility index (Phi) is 4.16. The number of benzene rings is 1. The second kappa shape index (κ2) is 6.14. The number of nitrogens with one attached hydrogen (secondary N) is 1. The zero-order chi connectivity index (χ0) is 17.3. The molecule has 3 rings (SSSR count). The second-order valence-corrected chi connectivity index (χ2v) is 5.64. The minimum atomic E-state index is -3.69. The molecule has 9 heteroatoms. The largest absolute Gasteiger partial charge is 0.586 e. The van der Waals surface area contributed by atoms with E-state index in [0.717, 1.165) is 0 Å². The van der Waals surface area contributed by atoms with Crippen molar-refractivity contribution in [2.45, 2.75) is 19.1 Å². The maximum absolute atomic E-state index is 13.0. The van der Waals surface area contributed by atoms with Crippen LogP contribution in [0.5, 0.6) is 11.5 Å². The fourth-order valence-electron chi connectivity index (χ4n) is 2.73. The topological polar surface area (TPSA) is 77.1 Å². The Bertz CT molecular complexity index is 667. The van der Waals surface area contributed by atoms with Crippen LogP contribution in [0.3, 0.4) is 0 Å². The molecule has 2 heterocycles. The summed E-state index contributed by atoms with van der Waals surface area (Å²) in [4.78, 5) is 25.1. The number of likely N-dealkylation sites (tertiary alicyclic amines) is 1. The summed E-state index contributed by atoms with van der Waals surface area (Å²) in [5.74, 6) is -0.474. The highest BCUT2D eigenvalue weighted by molar-refractivity contribution is 5.90. The Hall–Kier alpha value is -2.58. The van der Waals surface area contributed by atoms with Crippen molar-refractivity contribution in [1.29, 1.82) is 0 Å². The standard InChI is InChI=1S/C15H16F2N2O5/c1-22-13(20)6-9-4-5-19(8-9)14(21)18-10-2-3-11-12(7-10)24-15(16,17)23-11/h2-3,7,9H,4-6,8H2,1H3,(H,18,21). The quantitative estimate of drug-likeness (QED) is 0.854. The van der Waals surface area contributed by atoms with Gasteiger partial charge < -0.3 is 24.4 Å². The van der Waals surface area contributed by atoms with Gasteiger partial charge in [0.05, 0.1) is 13.5 Å². The fraction of sp³-hybridized carbons (Fsp3) is 0.467. The number of ether oxygens (including phenoxy) is 3. The van der Waals surface area contributed by atoms with Gasteiger partial charge in [-0.2, -0.15) is 0 Å². The first-order valence-electron chi connectivity index (χ1n) is 7.39. The lowest BCUT2D eigenvalue weighted by Gasteiger charge is -2.17. The summed E-state index contributed by atoms with van der Waals surface area (Å²) in [6, 6.07) is 3.66. The molecule has 1 aromatic carbocycles. The molecule has 1 N–H and O–H groups in total. The molecule has 0 spiro atoms. The van der Waals surface area contributed by atoms with Crippen molar-refractivity contribution < 1.29 is 32.6 Å². The number of esters is 1. The van der Waals surface area contributed by atoms with Crippen LogP contribution in [0.2, 0.25) is 0 Å². The van der Waals surface area contributed by atoms with Crippen molar-refractivity contribution in [2.24, 2.45) is 5.92 Å². The molecule has 0 bridgehead atoms. The number of rotatable bonds is 3. The van der Waals surface area contributed by atoms with Crippen molar-refractivity contribution in [1.82, 2.24) is 4.90 Å². The molecule has 24 heavy (non-hydrogen) atoms. The summed E-state index contributed by atoms with van der Waals surface area (Å²) in [5, 5.41) is 2.62. The van der Waals surface area contributed by atoms with Crippen LogP contribution >= 0.6 is 0 Å². The molecule has 2 amide bonds. The molecule has 0 radical (unpaired) electrons. The van der Waals surface area contributed by atoms with Gasteiger partial charge in [-0.25, -0.2) is 4.79 Å². The first-order valence-corrected chi connectivity index (χ1v) is 7.39. The summed E-state index contributed by atoms with van der Waals surface area (Å²) >= 11 is 0. The number of methoxy groups -OCH3 is 1. The van der Waals surface area contributed by atoms with E-state index in [1.165, 1.54) is 25.3 Å². The van der Waals surface area contributed by atoms with Crippen LogP contribution in [0.4, 0.5) is 19.3 Å². The number of nitrogens with zero attached hydrogens (tertiary/aromatic N) is 1. The number of halogens is 2. The number of alkyl halides is 2. The minimum absolute atomic E-state index is 0.0543. The van der Waals surface area contributed by atoms with E-state index in [1.807, 2.05) is 0 Å². The Morgan fingerprint density at radius 2 is 2.12 bits per heavy atom. The van der Waals surface area contributed by atoms with Crippen molar-refractivity contribution in [3.63, 3.8) is 0 Å². The average molecular weight is 342 g/mol. The highest BCUT2D eigenvalue weighted by Gasteiger charge is 2.43. The maximum Gasteiger partial charge on any atom is 0.586 e. The number of anilines is 1. The molecular weight excluding hydrogens is 326 g/mol. The van der Waals surface area contributed by atoms with Gasteiger partial charge in [0.2, 0.25) is 0 Å². The van der Waals surface area contributed by atoms with Crippen LogP contribution in [0.25, 0.3) is 0 Å². The van der Waals surface area contributed by atoms with E-state index < -0.39 is 6.29 Å². The van der Waals surface area contributed by atoms with Crippen molar-refractivity contribution >= 4 is 17.7 Å². The molecule has 1 unspecified atom stereocenters. The molecule has 1 atom stereocenters. The second-order valence-electron chi connectivity index (χ2n) is 5.64. The van der Waals surface area contributed by atoms with E-state index in [0.29, 0.717) is 25.2 Å². The molecule has 2 aliphatic rings. The van der Waals surface area contributed by atoms with Gasteiger partial charge in [-0.1, -0.05) is 0 Å². The van der Waals surface area contributed by atoms with Crippen molar-refractivity contribution in [2.75, 3.05) is 25.5 Å². The first-order chi connectivity index (χ1) is 11.4. The van der Waals surface area contributed by atoms with E-state index in [4.69, 9.17) is 0 Å². The number of carbonyl (C=O) groups is 2. The normalized spacial score (nSPS) is 20.8. The lowest BCUT2D eigenvalue weighted by Crippen LogP contribution is -2.33. The Labute approximate surface area is 136 Å². The smallest absolute Gasteiger partial charge is 0.469 e. The van der Waals surface area contributed by atoms with Crippen LogP contribution in [0.1, 0.15) is 12.8 Å². The third-order valence-electron chi connectivity index (χ3n) is 3.91. The number of amides is 2. The van der Waals surface area contributed by atoms with Gasteiger partial charge in [-0.3, -0.25) is 4.79 Å². The lowest BCUT2D eigenvalue weighted by atomic mass is 10.1. The maximum atomic E-state index is 13.0. The van der Waals surface area contributed by atoms with Crippen molar-refractivity contribution in [3.8, 4) is 11.5 Å². The van der Waals surface area contributed by atoms with Gasteiger partial charge >= 0.3 is 18.3 Å². The van der Waals surface area contributed by atoms with Gasteiger partial charge in [0.15, 0.2) is 11.5 Å². The molecule has 0 saturated carbocycles. The fourth-order valence-corrected chi connectivity index (χ4v) is 2.73. The Morgan fingerprint density at radius 3 is 2.88 bits per heavy atom. The van der Waals surface area contributed by atoms with E-state index in [1.54, 1.807) is 4.90 Å². The van der Waals surface area contributed by atoms with E-state index >= 15 is 0 Å². The highest BCUT2D eigenvalue weighted by atomic mass is 19.3. The summed E-state index contributed by atoms with van der Waals surface area (Å²) in [5.41, 5.74) is 0.316. The highest BCUT2D eigenvalue weighted by Crippen LogP contribution is 2.42. The molecule has 130 valence electrons. The number of fused-ring (bicyclic) bond motifs is 1. The molecule has 0 aromatic heterocycles. The van der Waals surface area contributed by atoms with Gasteiger partial charge in [-0.15, -0.1) is 8.78 Å². The third kappa shape index (κ3) is 3.50. The number of hydrogen-bond acceptors (Lipinski definition) is 5. The number of carbonyl (C=O) groups excluding carboxylic acids is 2. The first kappa shape index (κ1) is 16.3. The minimum Gasteiger partial charge on any atom is -0.469 e. The summed E-state index contributed by atoms with van der Waals surface area (Å²) in [6.45, 7) is 0.944. The summed E-state index contributed by atoms with van der Waals surface area (Å²) < 4.78 is 39.2. The molecule has 1 aromatic rings. The molecule has 1 fully saturated rings. The van der Waals surface area contributed by atoms with Gasteiger partial charge in [0.1, 0.15) is 0 Å². The van der Waals surface area contributed by atoms with Crippen LogP contribution in [-0.2, 0) is 9.53 Å². The van der Waals surface area contributed by atoms with Crippen LogP contribution < -0.4 is 14.8 Å². The average Bonchev–Trinajstić information content (AvgIpc) is 3.09. The molecule has 1 saturated heterocycles. The third-order valence-corrected chi connectivity index (χ3v) is 3.91. The molecule has 2 aliphatic heterocycles. The zero-order valence-corrected chi connectivity index (χ0v) is 12.9. The SMILES string of the molecule is COC(=O)CC1CCN(C(=O)Nc2ccc3c(c2)OC(F)(F)O3)C1. The van der Waals surface area contributed by atoms with Crippen LogP contribution in [0, 0.1) is 5.92 Å². The lowest BCUT2D eigenvalue weighted by molar-refractivity contribution is -0.286. The monoisotopic (exact) mass is 342 g/mol. The Morgan fingerprint density at radius 1 is 1.38 bits per heavy atom. The molecule has 0 aliphatic carbocycles. The van der Waals surface area contributed by atoms with Gasteiger partial charge in [0.25, 0.3) is 0 Å². The van der Waals surface area contributed by atoms with E-state index in [-0.39, 0.29) is 35.8 Å². The predicted molar refractivity (Wildman–Crippen MR) is 78.0 cm³/mol. The van der Waals surface area contributed by atoms with Gasteiger partial charge in [0, 0.05) is 24.8 Å². The summed E-state index contributed by atoms with van der Waals surface area (Å²) in [6.07, 6.45) is -2.73. The van der Waals surface area contributed by atoms with Crippen molar-refractivity contribution in [3.05, 3.63) is 18.2 Å². The van der Waals surface area contributed by atoms with E-state index in [9.17, 15) is 18.4 Å². The Balaban J connectivity index is 1.58. The van der Waals surface area contributed by atoms with Gasteiger partial charge in [-0.05, 0) is 24.5 Å². The summed E-state index contributed by atoms with van der Waals surface area (Å²) in [7, 11) is 1.32. The predicted octanol–water partition coefficient (Wildman–Crippen LogP) is 2.43. The number of urea groups is 1. The molecular formula is C15H16F2N2O5. The zero-order valence-electron chi connectivity index (χ0n) is 12.9.